The predicted octanol–water partition coefficient (Wildman–Crippen LogP) is 3.64. The Morgan fingerprint density at radius 2 is 1.93 bits per heavy atom. The summed E-state index contributed by atoms with van der Waals surface area (Å²) < 4.78 is 7.68. The summed E-state index contributed by atoms with van der Waals surface area (Å²) >= 11 is 1.71. The molecule has 150 valence electrons. The van der Waals surface area contributed by atoms with E-state index in [9.17, 15) is 9.59 Å². The number of hydrogen-bond acceptors (Lipinski definition) is 4. The summed E-state index contributed by atoms with van der Waals surface area (Å²) in [6, 6.07) is 7.64. The Labute approximate surface area is 169 Å². The van der Waals surface area contributed by atoms with Gasteiger partial charge in [-0.1, -0.05) is 18.9 Å². The van der Waals surface area contributed by atoms with Crippen molar-refractivity contribution < 1.29 is 9.53 Å². The molecular weight excluding hydrogens is 372 g/mol. The number of thiophene rings is 1. The van der Waals surface area contributed by atoms with Crippen molar-refractivity contribution in [2.45, 2.75) is 57.0 Å². The molecule has 6 heteroatoms. The van der Waals surface area contributed by atoms with Gasteiger partial charge in [0, 0.05) is 49.6 Å². The van der Waals surface area contributed by atoms with Crippen LogP contribution in [0.5, 0.6) is 5.75 Å². The lowest BCUT2D eigenvalue weighted by Gasteiger charge is -2.38. The van der Waals surface area contributed by atoms with Gasteiger partial charge in [-0.3, -0.25) is 9.59 Å². The van der Waals surface area contributed by atoms with Crippen molar-refractivity contribution in [1.29, 1.82) is 0 Å². The van der Waals surface area contributed by atoms with Crippen molar-refractivity contribution in [2.24, 2.45) is 7.05 Å². The van der Waals surface area contributed by atoms with Gasteiger partial charge >= 0.3 is 0 Å². The van der Waals surface area contributed by atoms with Crippen molar-refractivity contribution in [3.63, 3.8) is 0 Å². The monoisotopic (exact) mass is 400 g/mol. The fourth-order valence-electron chi connectivity index (χ4n) is 4.57. The quantitative estimate of drug-likeness (QED) is 0.787. The van der Waals surface area contributed by atoms with E-state index in [4.69, 9.17) is 4.74 Å². The van der Waals surface area contributed by atoms with Gasteiger partial charge in [-0.15, -0.1) is 11.3 Å². The van der Waals surface area contributed by atoms with Crippen LogP contribution in [0, 0.1) is 6.92 Å². The SMILES string of the molecule is Cc1cc(OC2CCN(C(=O)C3(c4cccs4)CCCC3)CC2)cc(=O)n1C. The largest absolute Gasteiger partial charge is 0.490 e. The van der Waals surface area contributed by atoms with Crippen LogP contribution in [-0.4, -0.2) is 34.6 Å². The van der Waals surface area contributed by atoms with Gasteiger partial charge in [0.15, 0.2) is 0 Å². The maximum absolute atomic E-state index is 13.5. The number of carbonyl (C=O) groups excluding carboxylic acids is 1. The highest BCUT2D eigenvalue weighted by Gasteiger charge is 2.46. The lowest BCUT2D eigenvalue weighted by molar-refractivity contribution is -0.139. The molecule has 0 aromatic carbocycles. The summed E-state index contributed by atoms with van der Waals surface area (Å²) in [5.74, 6) is 0.937. The minimum absolute atomic E-state index is 0.0526. The van der Waals surface area contributed by atoms with E-state index >= 15 is 0 Å². The van der Waals surface area contributed by atoms with Gasteiger partial charge in [0.25, 0.3) is 5.56 Å². The number of likely N-dealkylation sites (tertiary alicyclic amines) is 1. The van der Waals surface area contributed by atoms with Crippen molar-refractivity contribution in [3.8, 4) is 5.75 Å². The average Bonchev–Trinajstić information content (AvgIpc) is 3.38. The van der Waals surface area contributed by atoms with Crippen LogP contribution < -0.4 is 10.3 Å². The first-order valence-corrected chi connectivity index (χ1v) is 11.1. The molecule has 1 aliphatic heterocycles. The van der Waals surface area contributed by atoms with Gasteiger partial charge < -0.3 is 14.2 Å². The molecular formula is C22H28N2O3S. The average molecular weight is 401 g/mol. The lowest BCUT2D eigenvalue weighted by atomic mass is 9.82. The van der Waals surface area contributed by atoms with E-state index in [1.165, 1.54) is 4.88 Å². The van der Waals surface area contributed by atoms with Gasteiger partial charge in [0.2, 0.25) is 5.91 Å². The second-order valence-corrected chi connectivity index (χ2v) is 9.05. The molecule has 0 bridgehead atoms. The maximum atomic E-state index is 13.5. The molecule has 1 saturated carbocycles. The second kappa shape index (κ2) is 7.74. The third kappa shape index (κ3) is 3.50. The summed E-state index contributed by atoms with van der Waals surface area (Å²) in [5, 5.41) is 2.08. The predicted molar refractivity (Wildman–Crippen MR) is 111 cm³/mol. The number of piperidine rings is 1. The topological polar surface area (TPSA) is 51.5 Å². The Morgan fingerprint density at radius 1 is 1.21 bits per heavy atom. The van der Waals surface area contributed by atoms with Gasteiger partial charge in [0.05, 0.1) is 5.41 Å². The van der Waals surface area contributed by atoms with Gasteiger partial charge in [0.1, 0.15) is 11.9 Å². The molecule has 0 atom stereocenters. The minimum atomic E-state index is -0.301. The Hall–Kier alpha value is -2.08. The van der Waals surface area contributed by atoms with Crippen LogP contribution in [0.3, 0.4) is 0 Å². The molecule has 4 rings (SSSR count). The highest BCUT2D eigenvalue weighted by atomic mass is 32.1. The number of hydrogen-bond donors (Lipinski definition) is 0. The summed E-state index contributed by atoms with van der Waals surface area (Å²) in [7, 11) is 1.76. The highest BCUT2D eigenvalue weighted by molar-refractivity contribution is 7.10. The van der Waals surface area contributed by atoms with Crippen molar-refractivity contribution in [1.82, 2.24) is 9.47 Å². The number of amides is 1. The number of ether oxygens (including phenoxy) is 1. The fraction of sp³-hybridized carbons (Fsp3) is 0.545. The van der Waals surface area contributed by atoms with E-state index in [1.807, 2.05) is 17.9 Å². The molecule has 2 aromatic heterocycles. The summed E-state index contributed by atoms with van der Waals surface area (Å²) in [5.41, 5.74) is 0.529. The van der Waals surface area contributed by atoms with Crippen LogP contribution in [0.15, 0.2) is 34.4 Å². The molecule has 0 unspecified atom stereocenters. The van der Waals surface area contributed by atoms with Crippen molar-refractivity contribution >= 4 is 17.2 Å². The molecule has 0 spiro atoms. The van der Waals surface area contributed by atoms with E-state index in [0.29, 0.717) is 11.7 Å². The standard InChI is InChI=1S/C22H28N2O3S/c1-16-14-18(15-20(25)23(16)2)27-17-7-11-24(12-8-17)21(26)22(9-3-4-10-22)19-6-5-13-28-19/h5-6,13-15,17H,3-4,7-12H2,1-2H3. The third-order valence-corrected chi connectivity index (χ3v) is 7.44. The van der Waals surface area contributed by atoms with Crippen LogP contribution >= 0.6 is 11.3 Å². The molecule has 5 nitrogen and oxygen atoms in total. The zero-order valence-corrected chi connectivity index (χ0v) is 17.5. The number of nitrogens with zero attached hydrogens (tertiary/aromatic N) is 2. The summed E-state index contributed by atoms with van der Waals surface area (Å²) in [6.07, 6.45) is 5.86. The summed E-state index contributed by atoms with van der Waals surface area (Å²) in [6.45, 7) is 3.35. The maximum Gasteiger partial charge on any atom is 0.254 e. The van der Waals surface area contributed by atoms with E-state index in [1.54, 1.807) is 29.0 Å². The molecule has 2 aliphatic rings. The highest BCUT2D eigenvalue weighted by Crippen LogP contribution is 2.44. The second-order valence-electron chi connectivity index (χ2n) is 8.11. The molecule has 3 heterocycles. The molecule has 2 fully saturated rings. The number of pyridine rings is 1. The first-order chi connectivity index (χ1) is 13.5. The number of aromatic nitrogens is 1. The van der Waals surface area contributed by atoms with E-state index in [0.717, 1.165) is 57.3 Å². The molecule has 1 amide bonds. The van der Waals surface area contributed by atoms with E-state index in [-0.39, 0.29) is 17.1 Å². The lowest BCUT2D eigenvalue weighted by Crippen LogP contribution is -2.49. The number of aryl methyl sites for hydroxylation is 1. The Morgan fingerprint density at radius 3 is 2.54 bits per heavy atom. The first-order valence-electron chi connectivity index (χ1n) is 10.2. The third-order valence-electron chi connectivity index (χ3n) is 6.37. The molecule has 0 N–H and O–H groups in total. The van der Waals surface area contributed by atoms with Crippen LogP contribution in [0.2, 0.25) is 0 Å². The normalized spacial score (nSPS) is 19.7. The summed E-state index contributed by atoms with van der Waals surface area (Å²) in [4.78, 5) is 28.7. The van der Waals surface area contributed by atoms with E-state index in [2.05, 4.69) is 17.5 Å². The first kappa shape index (κ1) is 19.2. The van der Waals surface area contributed by atoms with Crippen molar-refractivity contribution in [3.05, 3.63) is 50.6 Å². The molecule has 1 saturated heterocycles. The van der Waals surface area contributed by atoms with Gasteiger partial charge in [-0.25, -0.2) is 0 Å². The molecule has 2 aromatic rings. The van der Waals surface area contributed by atoms with E-state index < -0.39 is 0 Å². The fourth-order valence-corrected chi connectivity index (χ4v) is 5.55. The molecule has 0 radical (unpaired) electrons. The number of rotatable bonds is 4. The van der Waals surface area contributed by atoms with Crippen LogP contribution in [0.1, 0.15) is 49.1 Å². The van der Waals surface area contributed by atoms with Gasteiger partial charge in [-0.05, 0) is 37.3 Å². The van der Waals surface area contributed by atoms with Crippen LogP contribution in [-0.2, 0) is 17.3 Å². The Bertz CT molecular complexity index is 889. The Balaban J connectivity index is 1.41. The zero-order chi connectivity index (χ0) is 19.7. The molecule has 28 heavy (non-hydrogen) atoms. The Kier molecular flexibility index (Phi) is 5.32. The van der Waals surface area contributed by atoms with Crippen LogP contribution in [0.4, 0.5) is 0 Å². The smallest absolute Gasteiger partial charge is 0.254 e. The van der Waals surface area contributed by atoms with Gasteiger partial charge in [-0.2, -0.15) is 0 Å². The zero-order valence-electron chi connectivity index (χ0n) is 16.6. The number of carbonyl (C=O) groups is 1. The van der Waals surface area contributed by atoms with Crippen molar-refractivity contribution in [2.75, 3.05) is 13.1 Å². The minimum Gasteiger partial charge on any atom is -0.490 e. The van der Waals surface area contributed by atoms with Crippen LogP contribution in [0.25, 0.3) is 0 Å². The molecule has 1 aliphatic carbocycles.